The van der Waals surface area contributed by atoms with Gasteiger partial charge in [0.1, 0.15) is 0 Å². The first-order chi connectivity index (χ1) is 11.5. The Balaban J connectivity index is 1.85. The second-order valence-corrected chi connectivity index (χ2v) is 6.54. The summed E-state index contributed by atoms with van der Waals surface area (Å²) < 4.78 is 1.51. The lowest BCUT2D eigenvalue weighted by molar-refractivity contribution is 0.0708. The molecule has 1 aromatic carbocycles. The van der Waals surface area contributed by atoms with Crippen molar-refractivity contribution in [3.05, 3.63) is 69.1 Å². The highest BCUT2D eigenvalue weighted by Crippen LogP contribution is 2.16. The Morgan fingerprint density at radius 1 is 1.25 bits per heavy atom. The quantitative estimate of drug-likeness (QED) is 0.926. The van der Waals surface area contributed by atoms with E-state index in [2.05, 4.69) is 0 Å². The summed E-state index contributed by atoms with van der Waals surface area (Å²) in [6, 6.07) is 10.4. The highest BCUT2D eigenvalue weighted by atomic mass is 35.5. The van der Waals surface area contributed by atoms with E-state index in [9.17, 15) is 9.59 Å². The van der Waals surface area contributed by atoms with E-state index >= 15 is 0 Å². The van der Waals surface area contributed by atoms with Crippen molar-refractivity contribution in [3.8, 4) is 0 Å². The molecular weight excluding hydrogens is 326 g/mol. The van der Waals surface area contributed by atoms with E-state index in [4.69, 9.17) is 17.3 Å². The number of amides is 1. The van der Waals surface area contributed by atoms with Crippen molar-refractivity contribution in [1.82, 2.24) is 9.47 Å². The van der Waals surface area contributed by atoms with Gasteiger partial charge >= 0.3 is 0 Å². The van der Waals surface area contributed by atoms with Gasteiger partial charge in [-0.3, -0.25) is 9.59 Å². The molecule has 6 heteroatoms. The van der Waals surface area contributed by atoms with Crippen molar-refractivity contribution < 1.29 is 4.79 Å². The molecule has 2 N–H and O–H groups in total. The monoisotopic (exact) mass is 345 g/mol. The van der Waals surface area contributed by atoms with E-state index in [1.807, 2.05) is 18.2 Å². The summed E-state index contributed by atoms with van der Waals surface area (Å²) in [5.74, 6) is -0.0851. The average molecular weight is 346 g/mol. The van der Waals surface area contributed by atoms with Crippen LogP contribution in [-0.4, -0.2) is 34.5 Å². The SMILES string of the molecule is NC1CCCN(C(=O)c2ccc(=O)n(Cc3ccccc3Cl)c2)C1. The minimum Gasteiger partial charge on any atom is -0.337 e. The van der Waals surface area contributed by atoms with E-state index in [1.54, 1.807) is 23.2 Å². The Bertz CT molecular complexity index is 803. The number of rotatable bonds is 3. The molecule has 2 aromatic rings. The molecule has 1 saturated heterocycles. The van der Waals surface area contributed by atoms with Crippen molar-refractivity contribution in [2.45, 2.75) is 25.4 Å². The normalized spacial score (nSPS) is 17.8. The largest absolute Gasteiger partial charge is 0.337 e. The lowest BCUT2D eigenvalue weighted by Gasteiger charge is -2.30. The second-order valence-electron chi connectivity index (χ2n) is 6.13. The zero-order valence-electron chi connectivity index (χ0n) is 13.3. The van der Waals surface area contributed by atoms with E-state index in [1.165, 1.54) is 10.6 Å². The first kappa shape index (κ1) is 16.7. The van der Waals surface area contributed by atoms with Crippen molar-refractivity contribution in [1.29, 1.82) is 0 Å². The molecule has 126 valence electrons. The Kier molecular flexibility index (Phi) is 5.02. The highest BCUT2D eigenvalue weighted by molar-refractivity contribution is 6.31. The smallest absolute Gasteiger partial charge is 0.255 e. The number of nitrogens with two attached hydrogens (primary N) is 1. The predicted molar refractivity (Wildman–Crippen MR) is 94.4 cm³/mol. The zero-order chi connectivity index (χ0) is 17.1. The fourth-order valence-electron chi connectivity index (χ4n) is 2.97. The topological polar surface area (TPSA) is 68.3 Å². The molecule has 0 saturated carbocycles. The number of aromatic nitrogens is 1. The van der Waals surface area contributed by atoms with Crippen LogP contribution in [0.3, 0.4) is 0 Å². The number of nitrogens with zero attached hydrogens (tertiary/aromatic N) is 2. The highest BCUT2D eigenvalue weighted by Gasteiger charge is 2.22. The van der Waals surface area contributed by atoms with Crippen LogP contribution in [0.4, 0.5) is 0 Å². The van der Waals surface area contributed by atoms with Gasteiger partial charge in [0.2, 0.25) is 0 Å². The summed E-state index contributed by atoms with van der Waals surface area (Å²) in [5.41, 5.74) is 7.12. The Labute approximate surface area is 145 Å². The van der Waals surface area contributed by atoms with Crippen LogP contribution in [0.1, 0.15) is 28.8 Å². The van der Waals surface area contributed by atoms with Gasteiger partial charge in [0.05, 0.1) is 12.1 Å². The van der Waals surface area contributed by atoms with Crippen LogP contribution in [0.5, 0.6) is 0 Å². The molecule has 5 nitrogen and oxygen atoms in total. The molecule has 1 unspecified atom stereocenters. The van der Waals surface area contributed by atoms with Gasteiger partial charge in [-0.1, -0.05) is 29.8 Å². The molecule has 1 fully saturated rings. The first-order valence-electron chi connectivity index (χ1n) is 8.03. The number of likely N-dealkylation sites (tertiary alicyclic amines) is 1. The fraction of sp³-hybridized carbons (Fsp3) is 0.333. The number of piperidine rings is 1. The molecule has 3 rings (SSSR count). The van der Waals surface area contributed by atoms with Gasteiger partial charge in [-0.2, -0.15) is 0 Å². The van der Waals surface area contributed by atoms with Crippen LogP contribution < -0.4 is 11.3 Å². The third kappa shape index (κ3) is 3.68. The Morgan fingerprint density at radius 3 is 2.79 bits per heavy atom. The molecule has 0 radical (unpaired) electrons. The number of benzene rings is 1. The van der Waals surface area contributed by atoms with Gasteiger partial charge in [0, 0.05) is 36.4 Å². The molecule has 1 aromatic heterocycles. The van der Waals surface area contributed by atoms with E-state index in [0.29, 0.717) is 30.2 Å². The summed E-state index contributed by atoms with van der Waals surface area (Å²) >= 11 is 6.16. The zero-order valence-corrected chi connectivity index (χ0v) is 14.1. The van der Waals surface area contributed by atoms with Crippen LogP contribution in [0.2, 0.25) is 5.02 Å². The van der Waals surface area contributed by atoms with Crippen molar-refractivity contribution in [2.75, 3.05) is 13.1 Å². The first-order valence-corrected chi connectivity index (χ1v) is 8.41. The Hall–Kier alpha value is -2.11. The van der Waals surface area contributed by atoms with E-state index in [0.717, 1.165) is 18.4 Å². The number of carbonyl (C=O) groups is 1. The molecule has 1 aliphatic rings. The van der Waals surface area contributed by atoms with Crippen LogP contribution in [0, 0.1) is 0 Å². The van der Waals surface area contributed by atoms with E-state index < -0.39 is 0 Å². The number of pyridine rings is 1. The number of carbonyl (C=O) groups excluding carboxylic acids is 1. The third-order valence-electron chi connectivity index (χ3n) is 4.27. The van der Waals surface area contributed by atoms with Gasteiger partial charge in [0.25, 0.3) is 11.5 Å². The molecule has 2 heterocycles. The third-order valence-corrected chi connectivity index (χ3v) is 4.64. The lowest BCUT2D eigenvalue weighted by Crippen LogP contribution is -2.45. The number of halogens is 1. The second kappa shape index (κ2) is 7.20. The summed E-state index contributed by atoms with van der Waals surface area (Å²) in [7, 11) is 0. The number of hydrogen-bond acceptors (Lipinski definition) is 3. The molecule has 1 aliphatic heterocycles. The summed E-state index contributed by atoms with van der Waals surface area (Å²) in [5, 5.41) is 0.600. The predicted octanol–water partition coefficient (Wildman–Crippen LogP) is 2.11. The summed E-state index contributed by atoms with van der Waals surface area (Å²) in [6.45, 7) is 1.60. The van der Waals surface area contributed by atoms with Crippen LogP contribution >= 0.6 is 11.6 Å². The van der Waals surface area contributed by atoms with Crippen LogP contribution in [0.25, 0.3) is 0 Å². The van der Waals surface area contributed by atoms with Crippen molar-refractivity contribution in [2.24, 2.45) is 5.73 Å². The van der Waals surface area contributed by atoms with Gasteiger partial charge in [-0.05, 0) is 30.5 Å². The minimum absolute atomic E-state index is 0.0248. The van der Waals surface area contributed by atoms with Crippen LogP contribution in [0.15, 0.2) is 47.4 Å². The van der Waals surface area contributed by atoms with Crippen molar-refractivity contribution in [3.63, 3.8) is 0 Å². The molecule has 1 atom stereocenters. The molecule has 0 bridgehead atoms. The fourth-order valence-corrected chi connectivity index (χ4v) is 3.16. The standard InChI is InChI=1S/C18H20ClN3O2/c19-16-6-2-1-4-13(16)10-22-11-14(7-8-17(22)23)18(24)21-9-3-5-15(20)12-21/h1-2,4,6-8,11,15H,3,5,9-10,12,20H2. The summed E-state index contributed by atoms with van der Waals surface area (Å²) in [4.78, 5) is 26.5. The Morgan fingerprint density at radius 2 is 2.04 bits per heavy atom. The summed E-state index contributed by atoms with van der Waals surface area (Å²) in [6.07, 6.45) is 3.45. The molecular formula is C18H20ClN3O2. The van der Waals surface area contributed by atoms with Gasteiger partial charge < -0.3 is 15.2 Å². The van der Waals surface area contributed by atoms with Crippen molar-refractivity contribution >= 4 is 17.5 Å². The maximum atomic E-state index is 12.7. The van der Waals surface area contributed by atoms with Crippen LogP contribution in [-0.2, 0) is 6.54 Å². The number of hydrogen-bond donors (Lipinski definition) is 1. The average Bonchev–Trinajstić information content (AvgIpc) is 2.58. The van der Waals surface area contributed by atoms with Gasteiger partial charge in [0.15, 0.2) is 0 Å². The molecule has 0 aliphatic carbocycles. The molecule has 1 amide bonds. The van der Waals surface area contributed by atoms with Gasteiger partial charge in [-0.25, -0.2) is 0 Å². The molecule has 0 spiro atoms. The lowest BCUT2D eigenvalue weighted by atomic mass is 10.1. The van der Waals surface area contributed by atoms with E-state index in [-0.39, 0.29) is 17.5 Å². The minimum atomic E-state index is -0.165. The maximum Gasteiger partial charge on any atom is 0.255 e. The van der Waals surface area contributed by atoms with Gasteiger partial charge in [-0.15, -0.1) is 0 Å². The molecule has 24 heavy (non-hydrogen) atoms. The maximum absolute atomic E-state index is 12.7.